The molecule has 1 aliphatic heterocycles. The minimum atomic E-state index is -0.427. The van der Waals surface area contributed by atoms with E-state index in [1.807, 2.05) is 6.26 Å². The lowest BCUT2D eigenvalue weighted by Crippen LogP contribution is -2.27. The maximum atomic E-state index is 11.8. The lowest BCUT2D eigenvalue weighted by molar-refractivity contribution is -0.145. The van der Waals surface area contributed by atoms with E-state index in [0.717, 1.165) is 5.16 Å². The van der Waals surface area contributed by atoms with Crippen molar-refractivity contribution in [2.24, 2.45) is 13.0 Å². The lowest BCUT2D eigenvalue weighted by atomic mass is 10.1. The number of aromatic nitrogens is 3. The van der Waals surface area contributed by atoms with Gasteiger partial charge < -0.3 is 4.74 Å². The van der Waals surface area contributed by atoms with Crippen molar-refractivity contribution in [2.75, 3.05) is 24.8 Å². The van der Waals surface area contributed by atoms with Gasteiger partial charge in [-0.25, -0.2) is 4.68 Å². The minimum Gasteiger partial charge on any atom is -0.469 e. The van der Waals surface area contributed by atoms with Gasteiger partial charge in [-0.1, -0.05) is 11.8 Å². The van der Waals surface area contributed by atoms with Gasteiger partial charge in [0.15, 0.2) is 5.16 Å². The summed E-state index contributed by atoms with van der Waals surface area (Å²) in [5.41, 5.74) is 0. The number of rotatable bonds is 3. The molecule has 18 heavy (non-hydrogen) atoms. The highest BCUT2D eigenvalue weighted by Gasteiger charge is 2.37. The van der Waals surface area contributed by atoms with Crippen molar-refractivity contribution >= 4 is 29.6 Å². The molecule has 2 rings (SSSR count). The topological polar surface area (TPSA) is 77.3 Å². The Labute approximate surface area is 108 Å². The van der Waals surface area contributed by atoms with Gasteiger partial charge in [0.1, 0.15) is 0 Å². The smallest absolute Gasteiger partial charge is 0.311 e. The molecule has 98 valence electrons. The Kier molecular flexibility index (Phi) is 3.55. The van der Waals surface area contributed by atoms with Crippen molar-refractivity contribution in [3.8, 4) is 0 Å². The second-order valence-electron chi connectivity index (χ2n) is 3.95. The van der Waals surface area contributed by atoms with E-state index in [1.54, 1.807) is 11.7 Å². The number of carbonyl (C=O) groups is 2. The van der Waals surface area contributed by atoms with Crippen LogP contribution in [0.25, 0.3) is 0 Å². The zero-order valence-electron chi connectivity index (χ0n) is 10.4. The molecule has 7 nitrogen and oxygen atoms in total. The van der Waals surface area contributed by atoms with Gasteiger partial charge in [0.2, 0.25) is 5.91 Å². The quantitative estimate of drug-likeness (QED) is 0.571. The van der Waals surface area contributed by atoms with Crippen LogP contribution in [0.15, 0.2) is 5.16 Å². The van der Waals surface area contributed by atoms with Crippen molar-refractivity contribution in [1.82, 2.24) is 14.8 Å². The second-order valence-corrected chi connectivity index (χ2v) is 4.72. The van der Waals surface area contributed by atoms with Gasteiger partial charge in [-0.3, -0.25) is 14.5 Å². The van der Waals surface area contributed by atoms with E-state index < -0.39 is 5.92 Å². The largest absolute Gasteiger partial charge is 0.469 e. The molecule has 1 amide bonds. The molecule has 0 bridgehead atoms. The average molecular weight is 270 g/mol. The highest BCUT2D eigenvalue weighted by atomic mass is 32.2. The Bertz CT molecular complexity index is 487. The molecule has 8 heteroatoms. The van der Waals surface area contributed by atoms with Gasteiger partial charge in [-0.15, -0.1) is 5.10 Å². The fourth-order valence-corrected chi connectivity index (χ4v) is 2.35. The molecule has 0 aliphatic carbocycles. The summed E-state index contributed by atoms with van der Waals surface area (Å²) in [6.45, 7) is 0.281. The van der Waals surface area contributed by atoms with Crippen LogP contribution in [0.2, 0.25) is 0 Å². The molecule has 0 N–H and O–H groups in total. The van der Waals surface area contributed by atoms with Gasteiger partial charge >= 0.3 is 5.97 Å². The van der Waals surface area contributed by atoms with Crippen LogP contribution in [0, 0.1) is 5.92 Å². The number of nitrogens with zero attached hydrogens (tertiary/aromatic N) is 4. The predicted octanol–water partition coefficient (Wildman–Crippen LogP) is 0.0629. The van der Waals surface area contributed by atoms with Crippen LogP contribution in [0.1, 0.15) is 6.42 Å². The molecule has 0 aromatic carbocycles. The summed E-state index contributed by atoms with van der Waals surface area (Å²) in [4.78, 5) is 28.9. The summed E-state index contributed by atoms with van der Waals surface area (Å²) in [6.07, 6.45) is 2.04. The summed E-state index contributed by atoms with van der Waals surface area (Å²) >= 11 is 1.45. The van der Waals surface area contributed by atoms with Crippen molar-refractivity contribution in [3.05, 3.63) is 0 Å². The van der Waals surface area contributed by atoms with Crippen LogP contribution in [0.5, 0.6) is 0 Å². The summed E-state index contributed by atoms with van der Waals surface area (Å²) < 4.78 is 6.26. The van der Waals surface area contributed by atoms with Gasteiger partial charge in [-0.05, 0) is 6.26 Å². The van der Waals surface area contributed by atoms with Gasteiger partial charge in [0.25, 0.3) is 5.95 Å². The number of ether oxygens (including phenoxy) is 1. The SMILES string of the molecule is COC(=O)C1CC(=O)N(c2nc(SC)n(C)n2)C1. The molecule has 2 heterocycles. The third-order valence-electron chi connectivity index (χ3n) is 2.80. The van der Waals surface area contributed by atoms with Crippen molar-refractivity contribution in [1.29, 1.82) is 0 Å². The molecule has 1 aliphatic rings. The van der Waals surface area contributed by atoms with Gasteiger partial charge in [0, 0.05) is 20.0 Å². The van der Waals surface area contributed by atoms with E-state index in [1.165, 1.54) is 23.8 Å². The maximum Gasteiger partial charge on any atom is 0.311 e. The van der Waals surface area contributed by atoms with E-state index in [9.17, 15) is 9.59 Å². The molecule has 0 saturated carbocycles. The highest BCUT2D eigenvalue weighted by Crippen LogP contribution is 2.24. The molecular weight excluding hydrogens is 256 g/mol. The summed E-state index contributed by atoms with van der Waals surface area (Å²) in [6, 6.07) is 0. The van der Waals surface area contributed by atoms with Crippen LogP contribution >= 0.6 is 11.8 Å². The number of hydrogen-bond acceptors (Lipinski definition) is 6. The molecule has 0 radical (unpaired) electrons. The monoisotopic (exact) mass is 270 g/mol. The first-order valence-electron chi connectivity index (χ1n) is 5.40. The van der Waals surface area contributed by atoms with Crippen LogP contribution in [-0.4, -0.2) is 46.6 Å². The van der Waals surface area contributed by atoms with E-state index in [2.05, 4.69) is 14.8 Å². The maximum absolute atomic E-state index is 11.8. The Balaban J connectivity index is 2.18. The van der Waals surface area contributed by atoms with E-state index in [0.29, 0.717) is 5.95 Å². The molecule has 1 fully saturated rings. The number of amides is 1. The number of aryl methyl sites for hydroxylation is 1. The van der Waals surface area contributed by atoms with E-state index in [-0.39, 0.29) is 24.8 Å². The summed E-state index contributed by atoms with van der Waals surface area (Å²) in [5.74, 6) is -0.599. The van der Waals surface area contributed by atoms with Gasteiger partial charge in [0.05, 0.1) is 13.0 Å². The van der Waals surface area contributed by atoms with Crippen molar-refractivity contribution < 1.29 is 14.3 Å². The van der Waals surface area contributed by atoms with E-state index >= 15 is 0 Å². The summed E-state index contributed by atoms with van der Waals surface area (Å²) in [7, 11) is 3.08. The third-order valence-corrected chi connectivity index (χ3v) is 3.52. The number of methoxy groups -OCH3 is 1. The highest BCUT2D eigenvalue weighted by molar-refractivity contribution is 7.98. The number of anilines is 1. The lowest BCUT2D eigenvalue weighted by Gasteiger charge is -2.10. The Hall–Kier alpha value is -1.57. The van der Waals surface area contributed by atoms with Crippen LogP contribution < -0.4 is 4.90 Å². The molecule has 1 unspecified atom stereocenters. The predicted molar refractivity (Wildman–Crippen MR) is 65.3 cm³/mol. The fourth-order valence-electron chi connectivity index (χ4n) is 1.87. The first-order valence-corrected chi connectivity index (χ1v) is 6.62. The van der Waals surface area contributed by atoms with Crippen LogP contribution in [-0.2, 0) is 21.4 Å². The number of esters is 1. The van der Waals surface area contributed by atoms with Gasteiger partial charge in [-0.2, -0.15) is 4.98 Å². The molecule has 1 aromatic rings. The Morgan fingerprint density at radius 1 is 1.56 bits per heavy atom. The second kappa shape index (κ2) is 4.97. The zero-order valence-corrected chi connectivity index (χ0v) is 11.2. The van der Waals surface area contributed by atoms with E-state index in [4.69, 9.17) is 0 Å². The van der Waals surface area contributed by atoms with Crippen LogP contribution in [0.4, 0.5) is 5.95 Å². The number of carbonyl (C=O) groups excluding carboxylic acids is 2. The average Bonchev–Trinajstić information content (AvgIpc) is 2.91. The van der Waals surface area contributed by atoms with Crippen molar-refractivity contribution in [3.63, 3.8) is 0 Å². The Morgan fingerprint density at radius 3 is 2.83 bits per heavy atom. The summed E-state index contributed by atoms with van der Waals surface area (Å²) in [5, 5.41) is 4.89. The molecular formula is C10H14N4O3S. The number of thioether (sulfide) groups is 1. The van der Waals surface area contributed by atoms with Crippen LogP contribution in [0.3, 0.4) is 0 Å². The third kappa shape index (κ3) is 2.20. The Morgan fingerprint density at radius 2 is 2.28 bits per heavy atom. The first kappa shape index (κ1) is 12.9. The standard InChI is InChI=1S/C10H14N4O3S/c1-13-10(18-3)11-9(12-13)14-5-6(4-7(14)15)8(16)17-2/h6H,4-5H2,1-3H3. The molecule has 0 spiro atoms. The number of hydrogen-bond donors (Lipinski definition) is 0. The normalized spacial score (nSPS) is 19.4. The fraction of sp³-hybridized carbons (Fsp3) is 0.600. The molecule has 1 atom stereocenters. The molecule has 1 saturated heterocycles. The minimum absolute atomic E-state index is 0.149. The zero-order chi connectivity index (χ0) is 13.3. The van der Waals surface area contributed by atoms with Crippen molar-refractivity contribution in [2.45, 2.75) is 11.6 Å². The first-order chi connectivity index (χ1) is 8.56. The molecule has 1 aromatic heterocycles.